The van der Waals surface area contributed by atoms with Crippen molar-refractivity contribution in [2.24, 2.45) is 11.8 Å². The number of carboxylic acid groups (broad SMARTS) is 1. The Kier molecular flexibility index (Phi) is 2.98. The van der Waals surface area contributed by atoms with Gasteiger partial charge >= 0.3 is 5.97 Å². The Bertz CT molecular complexity index is 520. The van der Waals surface area contributed by atoms with Gasteiger partial charge in [-0.2, -0.15) is 0 Å². The zero-order valence-corrected chi connectivity index (χ0v) is 12.4. The van der Waals surface area contributed by atoms with E-state index in [1.54, 1.807) is 11.3 Å². The first kappa shape index (κ1) is 12.6. The Morgan fingerprint density at radius 1 is 1.20 bits per heavy atom. The van der Waals surface area contributed by atoms with Crippen LogP contribution in [0.25, 0.3) is 0 Å². The zero-order chi connectivity index (χ0) is 13.7. The van der Waals surface area contributed by atoms with E-state index in [-0.39, 0.29) is 5.92 Å². The minimum atomic E-state index is -0.712. The van der Waals surface area contributed by atoms with Crippen molar-refractivity contribution in [3.05, 3.63) is 10.6 Å². The quantitative estimate of drug-likeness (QED) is 0.876. The lowest BCUT2D eigenvalue weighted by molar-refractivity contribution is -0.138. The first-order chi connectivity index (χ1) is 9.70. The zero-order valence-electron chi connectivity index (χ0n) is 11.5. The molecule has 2 fully saturated rings. The Labute approximate surface area is 122 Å². The van der Waals surface area contributed by atoms with E-state index in [0.29, 0.717) is 0 Å². The van der Waals surface area contributed by atoms with Crippen molar-refractivity contribution in [3.8, 4) is 0 Å². The number of rotatable bonds is 6. The number of aryl methyl sites for hydroxylation is 1. The fraction of sp³-hybridized carbons (Fsp3) is 0.733. The summed E-state index contributed by atoms with van der Waals surface area (Å²) in [5.74, 6) is 0.626. The smallest absolute Gasteiger partial charge is 0.312 e. The monoisotopic (exact) mass is 292 g/mol. The highest BCUT2D eigenvalue weighted by Crippen LogP contribution is 2.42. The Balaban J connectivity index is 1.56. The van der Waals surface area contributed by atoms with Crippen LogP contribution in [-0.4, -0.2) is 29.1 Å². The molecule has 108 valence electrons. The van der Waals surface area contributed by atoms with Crippen LogP contribution >= 0.6 is 11.3 Å². The number of aliphatic carboxylic acids is 1. The SMILES string of the molecule is O=C(O)C1CCc2sc(N(CC3CC3)CC3CC3)nc21. The van der Waals surface area contributed by atoms with Crippen molar-refractivity contribution >= 4 is 22.4 Å². The molecule has 3 aliphatic rings. The van der Waals surface area contributed by atoms with Crippen LogP contribution in [0.4, 0.5) is 5.13 Å². The van der Waals surface area contributed by atoms with Gasteiger partial charge in [-0.05, 0) is 50.4 Å². The molecule has 4 rings (SSSR count). The number of carboxylic acids is 1. The molecular formula is C15H20N2O2S. The normalized spacial score (nSPS) is 24.7. The van der Waals surface area contributed by atoms with Gasteiger partial charge in [0.15, 0.2) is 5.13 Å². The average molecular weight is 292 g/mol. The first-order valence-corrected chi connectivity index (χ1v) is 8.49. The molecule has 1 atom stereocenters. The number of thiazole rings is 1. The molecule has 1 aromatic heterocycles. The number of aromatic nitrogens is 1. The number of nitrogens with zero attached hydrogens (tertiary/aromatic N) is 2. The molecule has 0 aliphatic heterocycles. The molecule has 4 nitrogen and oxygen atoms in total. The Hall–Kier alpha value is -1.10. The van der Waals surface area contributed by atoms with Crippen LogP contribution in [0.3, 0.4) is 0 Å². The van der Waals surface area contributed by atoms with Gasteiger partial charge in [0.1, 0.15) is 5.92 Å². The number of anilines is 1. The first-order valence-electron chi connectivity index (χ1n) is 7.68. The van der Waals surface area contributed by atoms with Crippen LogP contribution in [0.15, 0.2) is 0 Å². The summed E-state index contributed by atoms with van der Waals surface area (Å²) >= 11 is 1.74. The van der Waals surface area contributed by atoms with Gasteiger partial charge in [0, 0.05) is 18.0 Å². The fourth-order valence-electron chi connectivity index (χ4n) is 3.04. The predicted molar refractivity (Wildman–Crippen MR) is 78.5 cm³/mol. The van der Waals surface area contributed by atoms with E-state index in [2.05, 4.69) is 4.90 Å². The third-order valence-corrected chi connectivity index (χ3v) is 5.82. The standard InChI is InChI=1S/C15H20N2O2S/c18-14(19)11-5-6-12-13(11)16-15(20-12)17(7-9-1-2-9)8-10-3-4-10/h9-11H,1-8H2,(H,18,19). The summed E-state index contributed by atoms with van der Waals surface area (Å²) in [5, 5.41) is 10.4. The summed E-state index contributed by atoms with van der Waals surface area (Å²) in [4.78, 5) is 19.6. The topological polar surface area (TPSA) is 53.4 Å². The van der Waals surface area contributed by atoms with Gasteiger partial charge in [-0.15, -0.1) is 11.3 Å². The highest BCUT2D eigenvalue weighted by atomic mass is 32.1. The van der Waals surface area contributed by atoms with Crippen LogP contribution < -0.4 is 4.90 Å². The van der Waals surface area contributed by atoms with Crippen molar-refractivity contribution in [1.29, 1.82) is 0 Å². The lowest BCUT2D eigenvalue weighted by atomic mass is 10.1. The summed E-state index contributed by atoms with van der Waals surface area (Å²) in [6.45, 7) is 2.25. The van der Waals surface area contributed by atoms with Crippen LogP contribution in [0.5, 0.6) is 0 Å². The third-order valence-electron chi connectivity index (χ3n) is 4.63. The molecule has 1 unspecified atom stereocenters. The van der Waals surface area contributed by atoms with Crippen LogP contribution in [0.1, 0.15) is 48.6 Å². The Morgan fingerprint density at radius 2 is 1.85 bits per heavy atom. The summed E-state index contributed by atoms with van der Waals surface area (Å²) in [6, 6.07) is 0. The summed E-state index contributed by atoms with van der Waals surface area (Å²) in [7, 11) is 0. The second-order valence-electron chi connectivity index (χ2n) is 6.53. The summed E-state index contributed by atoms with van der Waals surface area (Å²) in [5.41, 5.74) is 0.856. The van der Waals surface area contributed by atoms with Crippen LogP contribution in [-0.2, 0) is 11.2 Å². The number of hydrogen-bond acceptors (Lipinski definition) is 4. The molecule has 0 spiro atoms. The van der Waals surface area contributed by atoms with Gasteiger partial charge in [0.2, 0.25) is 0 Å². The maximum Gasteiger partial charge on any atom is 0.312 e. The van der Waals surface area contributed by atoms with Crippen molar-refractivity contribution in [2.75, 3.05) is 18.0 Å². The molecule has 1 aromatic rings. The number of carbonyl (C=O) groups is 1. The largest absolute Gasteiger partial charge is 0.481 e. The van der Waals surface area contributed by atoms with Gasteiger partial charge in [0.05, 0.1) is 5.69 Å². The van der Waals surface area contributed by atoms with Crippen molar-refractivity contribution < 1.29 is 9.90 Å². The highest BCUT2D eigenvalue weighted by Gasteiger charge is 2.35. The van der Waals surface area contributed by atoms with Crippen LogP contribution in [0.2, 0.25) is 0 Å². The minimum absolute atomic E-state index is 0.362. The fourth-order valence-corrected chi connectivity index (χ4v) is 4.20. The lowest BCUT2D eigenvalue weighted by Crippen LogP contribution is -2.28. The van der Waals surface area contributed by atoms with Crippen molar-refractivity contribution in [1.82, 2.24) is 4.98 Å². The van der Waals surface area contributed by atoms with Crippen LogP contribution in [0, 0.1) is 11.8 Å². The van der Waals surface area contributed by atoms with E-state index in [1.807, 2.05) is 0 Å². The number of fused-ring (bicyclic) bond motifs is 1. The molecular weight excluding hydrogens is 272 g/mol. The lowest BCUT2D eigenvalue weighted by Gasteiger charge is -2.21. The second kappa shape index (κ2) is 4.72. The summed E-state index contributed by atoms with van der Waals surface area (Å²) in [6.07, 6.45) is 7.03. The third kappa shape index (κ3) is 2.43. The molecule has 0 amide bonds. The molecule has 1 N–H and O–H groups in total. The predicted octanol–water partition coefficient (Wildman–Crippen LogP) is 2.88. The molecule has 0 aromatic carbocycles. The molecule has 5 heteroatoms. The summed E-state index contributed by atoms with van der Waals surface area (Å²) < 4.78 is 0. The molecule has 3 aliphatic carbocycles. The van der Waals surface area contributed by atoms with Gasteiger partial charge in [0.25, 0.3) is 0 Å². The van der Waals surface area contributed by atoms with E-state index in [0.717, 1.165) is 48.6 Å². The molecule has 0 radical (unpaired) electrons. The molecule has 2 saturated carbocycles. The van der Waals surface area contributed by atoms with Crippen molar-refractivity contribution in [2.45, 2.75) is 44.4 Å². The molecule has 1 heterocycles. The average Bonchev–Trinajstić information content (AvgIpc) is 3.30. The second-order valence-corrected chi connectivity index (χ2v) is 7.59. The van der Waals surface area contributed by atoms with E-state index in [4.69, 9.17) is 4.98 Å². The maximum atomic E-state index is 11.3. The van der Waals surface area contributed by atoms with E-state index in [9.17, 15) is 9.90 Å². The van der Waals surface area contributed by atoms with E-state index in [1.165, 1.54) is 30.6 Å². The molecule has 0 saturated heterocycles. The van der Waals surface area contributed by atoms with Crippen molar-refractivity contribution in [3.63, 3.8) is 0 Å². The number of hydrogen-bond donors (Lipinski definition) is 1. The molecule has 20 heavy (non-hydrogen) atoms. The van der Waals surface area contributed by atoms with Gasteiger partial charge in [-0.1, -0.05) is 0 Å². The molecule has 0 bridgehead atoms. The maximum absolute atomic E-state index is 11.3. The van der Waals surface area contributed by atoms with Gasteiger partial charge in [-0.25, -0.2) is 4.98 Å². The van der Waals surface area contributed by atoms with E-state index < -0.39 is 5.97 Å². The minimum Gasteiger partial charge on any atom is -0.481 e. The Morgan fingerprint density at radius 3 is 2.40 bits per heavy atom. The highest BCUT2D eigenvalue weighted by molar-refractivity contribution is 7.15. The van der Waals surface area contributed by atoms with Gasteiger partial charge < -0.3 is 10.0 Å². The van der Waals surface area contributed by atoms with Gasteiger partial charge in [-0.3, -0.25) is 4.79 Å². The van der Waals surface area contributed by atoms with E-state index >= 15 is 0 Å².